The lowest BCUT2D eigenvalue weighted by Crippen LogP contribution is -2.45. The summed E-state index contributed by atoms with van der Waals surface area (Å²) in [6.07, 6.45) is 12.3. The fraction of sp³-hybridized carbons (Fsp3) is 0.192. The monoisotopic (exact) mass is 452 g/mol. The molecule has 1 N–H and O–H groups in total. The normalized spacial score (nSPS) is 15.8. The van der Waals surface area contributed by atoms with E-state index in [1.165, 1.54) is 6.08 Å². The van der Waals surface area contributed by atoms with Crippen LogP contribution in [0.5, 0.6) is 0 Å². The van der Waals surface area contributed by atoms with Crippen LogP contribution in [-0.4, -0.2) is 48.8 Å². The van der Waals surface area contributed by atoms with E-state index in [0.717, 1.165) is 27.9 Å². The first-order chi connectivity index (χ1) is 16.6. The van der Waals surface area contributed by atoms with Gasteiger partial charge in [-0.05, 0) is 41.5 Å². The van der Waals surface area contributed by atoms with E-state index in [-0.39, 0.29) is 24.3 Å². The molecule has 0 bridgehead atoms. The highest BCUT2D eigenvalue weighted by atomic mass is 16.2. The number of aromatic nitrogens is 4. The van der Waals surface area contributed by atoms with Gasteiger partial charge in [0.1, 0.15) is 5.82 Å². The number of amides is 2. The van der Waals surface area contributed by atoms with E-state index in [9.17, 15) is 9.59 Å². The Hall–Kier alpha value is -4.33. The molecule has 4 aromatic rings. The molecule has 0 radical (unpaired) electrons. The third-order valence-corrected chi connectivity index (χ3v) is 5.82. The van der Waals surface area contributed by atoms with Crippen molar-refractivity contribution in [2.45, 2.75) is 25.6 Å². The Morgan fingerprint density at radius 2 is 1.97 bits per heavy atom. The van der Waals surface area contributed by atoms with Gasteiger partial charge >= 0.3 is 0 Å². The second kappa shape index (κ2) is 9.66. The third-order valence-electron chi connectivity index (χ3n) is 5.82. The zero-order valence-corrected chi connectivity index (χ0v) is 18.5. The topological polar surface area (TPSA) is 93.0 Å². The second-order valence-electron chi connectivity index (χ2n) is 8.30. The van der Waals surface area contributed by atoms with Crippen LogP contribution in [0.4, 0.5) is 0 Å². The molecule has 1 aromatic carbocycles. The Balaban J connectivity index is 1.28. The minimum absolute atomic E-state index is 0.0241. The Morgan fingerprint density at radius 3 is 2.85 bits per heavy atom. The van der Waals surface area contributed by atoms with E-state index < -0.39 is 0 Å². The molecule has 34 heavy (non-hydrogen) atoms. The lowest BCUT2D eigenvalue weighted by Gasteiger charge is -2.24. The smallest absolute Gasteiger partial charge is 0.244 e. The molecule has 1 aliphatic rings. The number of nitrogens with one attached hydrogen (secondary N) is 1. The molecule has 0 saturated carbocycles. The van der Waals surface area contributed by atoms with Gasteiger partial charge in [0.2, 0.25) is 11.8 Å². The Kier molecular flexibility index (Phi) is 6.11. The highest BCUT2D eigenvalue weighted by Crippen LogP contribution is 2.15. The molecule has 5 rings (SSSR count). The minimum atomic E-state index is -0.244. The highest BCUT2D eigenvalue weighted by molar-refractivity contribution is 5.92. The van der Waals surface area contributed by atoms with Gasteiger partial charge in [-0.25, -0.2) is 4.98 Å². The number of carbonyl (C=O) groups excluding carboxylic acids is 2. The zero-order chi connectivity index (χ0) is 23.3. The van der Waals surface area contributed by atoms with Crippen LogP contribution in [0.1, 0.15) is 17.0 Å². The van der Waals surface area contributed by atoms with Crippen molar-refractivity contribution in [2.75, 3.05) is 6.54 Å². The molecular weight excluding hydrogens is 428 g/mol. The number of nitrogens with zero attached hydrogens (tertiary/aromatic N) is 5. The third kappa shape index (κ3) is 5.01. The summed E-state index contributed by atoms with van der Waals surface area (Å²) < 4.78 is 1.99. The van der Waals surface area contributed by atoms with Crippen molar-refractivity contribution in [3.05, 3.63) is 96.5 Å². The summed E-state index contributed by atoms with van der Waals surface area (Å²) in [6, 6.07) is 13.2. The first kappa shape index (κ1) is 21.5. The molecule has 1 unspecified atom stereocenters. The minimum Gasteiger partial charge on any atom is -0.346 e. The van der Waals surface area contributed by atoms with Gasteiger partial charge in [0.05, 0.1) is 24.5 Å². The Bertz CT molecular complexity index is 1350. The van der Waals surface area contributed by atoms with Crippen molar-refractivity contribution in [1.82, 2.24) is 29.7 Å². The van der Waals surface area contributed by atoms with Gasteiger partial charge in [-0.1, -0.05) is 18.2 Å². The Labute approximate surface area is 197 Å². The van der Waals surface area contributed by atoms with Gasteiger partial charge < -0.3 is 14.8 Å². The standard InChI is InChI=1S/C26H24N6O2/c33-25(8-6-19-5-7-23-21(13-19)4-2-10-28-23)30-22-16-31-12-11-29-24(31)18-32(17-22)26(34)14-20-3-1-9-27-15-20/h1-13,15,22H,14,16-18H2,(H,30,33)/b8-6+. The van der Waals surface area contributed by atoms with Crippen LogP contribution < -0.4 is 5.32 Å². The van der Waals surface area contributed by atoms with Crippen LogP contribution in [0.2, 0.25) is 0 Å². The Morgan fingerprint density at radius 1 is 1.06 bits per heavy atom. The predicted octanol–water partition coefficient (Wildman–Crippen LogP) is 2.61. The van der Waals surface area contributed by atoms with Crippen molar-refractivity contribution in [3.8, 4) is 0 Å². The van der Waals surface area contributed by atoms with E-state index in [0.29, 0.717) is 19.6 Å². The average molecular weight is 453 g/mol. The lowest BCUT2D eigenvalue weighted by molar-refractivity contribution is -0.132. The van der Waals surface area contributed by atoms with Crippen LogP contribution >= 0.6 is 0 Å². The van der Waals surface area contributed by atoms with E-state index in [2.05, 4.69) is 20.3 Å². The number of fused-ring (bicyclic) bond motifs is 2. The van der Waals surface area contributed by atoms with Gasteiger partial charge in [-0.15, -0.1) is 0 Å². The van der Waals surface area contributed by atoms with Gasteiger partial charge in [-0.3, -0.25) is 19.6 Å². The van der Waals surface area contributed by atoms with Crippen LogP contribution in [0.3, 0.4) is 0 Å². The molecule has 0 spiro atoms. The van der Waals surface area contributed by atoms with Crippen molar-refractivity contribution in [1.29, 1.82) is 0 Å². The predicted molar refractivity (Wildman–Crippen MR) is 128 cm³/mol. The number of rotatable bonds is 5. The fourth-order valence-corrected chi connectivity index (χ4v) is 4.14. The van der Waals surface area contributed by atoms with Crippen LogP contribution in [0, 0.1) is 0 Å². The number of benzene rings is 1. The quantitative estimate of drug-likeness (QED) is 0.470. The van der Waals surface area contributed by atoms with Crippen molar-refractivity contribution >= 4 is 28.8 Å². The molecule has 0 aliphatic carbocycles. The molecule has 2 amide bonds. The number of hydrogen-bond acceptors (Lipinski definition) is 5. The van der Waals surface area contributed by atoms with Crippen molar-refractivity contribution in [3.63, 3.8) is 0 Å². The van der Waals surface area contributed by atoms with Gasteiger partial charge in [0.25, 0.3) is 0 Å². The summed E-state index contributed by atoms with van der Waals surface area (Å²) in [5.41, 5.74) is 2.69. The van der Waals surface area contributed by atoms with Crippen LogP contribution in [0.25, 0.3) is 17.0 Å². The molecule has 3 aromatic heterocycles. The van der Waals surface area contributed by atoms with E-state index in [1.54, 1.807) is 35.8 Å². The van der Waals surface area contributed by atoms with Gasteiger partial charge in [0, 0.05) is 55.5 Å². The summed E-state index contributed by atoms with van der Waals surface area (Å²) >= 11 is 0. The number of pyridine rings is 2. The molecule has 0 saturated heterocycles. The first-order valence-electron chi connectivity index (χ1n) is 11.1. The number of carbonyl (C=O) groups is 2. The fourth-order valence-electron chi connectivity index (χ4n) is 4.14. The molecular formula is C26H24N6O2. The maximum Gasteiger partial charge on any atom is 0.244 e. The molecule has 0 fully saturated rings. The molecule has 170 valence electrons. The SMILES string of the molecule is O=C(/C=C/c1ccc2ncccc2c1)NC1CN(C(=O)Cc2cccnc2)Cc2nccn2C1. The summed E-state index contributed by atoms with van der Waals surface area (Å²) in [5, 5.41) is 4.07. The van der Waals surface area contributed by atoms with E-state index >= 15 is 0 Å². The highest BCUT2D eigenvalue weighted by Gasteiger charge is 2.26. The van der Waals surface area contributed by atoms with Gasteiger partial charge in [0.15, 0.2) is 0 Å². The lowest BCUT2D eigenvalue weighted by atomic mass is 10.1. The zero-order valence-electron chi connectivity index (χ0n) is 18.5. The van der Waals surface area contributed by atoms with Crippen LogP contribution in [0.15, 0.2) is 79.5 Å². The number of imidazole rings is 1. The summed E-state index contributed by atoms with van der Waals surface area (Å²) in [5.74, 6) is 0.570. The largest absolute Gasteiger partial charge is 0.346 e. The summed E-state index contributed by atoms with van der Waals surface area (Å²) in [4.78, 5) is 40.3. The van der Waals surface area contributed by atoms with Crippen molar-refractivity contribution < 1.29 is 9.59 Å². The van der Waals surface area contributed by atoms with Crippen molar-refractivity contribution in [2.24, 2.45) is 0 Å². The summed E-state index contributed by atoms with van der Waals surface area (Å²) in [7, 11) is 0. The molecule has 1 aliphatic heterocycles. The van der Waals surface area contributed by atoms with Gasteiger partial charge in [-0.2, -0.15) is 0 Å². The molecule has 8 nitrogen and oxygen atoms in total. The summed E-state index contributed by atoms with van der Waals surface area (Å²) in [6.45, 7) is 1.36. The second-order valence-corrected chi connectivity index (χ2v) is 8.30. The van der Waals surface area contributed by atoms with E-state index in [1.807, 2.05) is 53.2 Å². The maximum absolute atomic E-state index is 13.0. The molecule has 8 heteroatoms. The number of hydrogen-bond donors (Lipinski definition) is 1. The first-order valence-corrected chi connectivity index (χ1v) is 11.1. The van der Waals surface area contributed by atoms with E-state index in [4.69, 9.17) is 0 Å². The maximum atomic E-state index is 13.0. The molecule has 4 heterocycles. The van der Waals surface area contributed by atoms with Crippen LogP contribution in [-0.2, 0) is 29.1 Å². The molecule has 1 atom stereocenters. The average Bonchev–Trinajstić information content (AvgIpc) is 3.21.